The van der Waals surface area contributed by atoms with Crippen LogP contribution in [0.4, 0.5) is 0 Å². The Morgan fingerprint density at radius 3 is 2.16 bits per heavy atom. The van der Waals surface area contributed by atoms with Crippen LogP contribution in [0.25, 0.3) is 10.9 Å². The molecular formula is C30H40N8O5S. The van der Waals surface area contributed by atoms with Crippen LogP contribution in [0.1, 0.15) is 30.4 Å². The average Bonchev–Trinajstić information content (AvgIpc) is 3.40. The summed E-state index contributed by atoms with van der Waals surface area (Å²) in [6.07, 6.45) is 2.61. The van der Waals surface area contributed by atoms with Crippen molar-refractivity contribution < 1.29 is 24.3 Å². The number of nitrogens with two attached hydrogens (primary N) is 3. The molecule has 13 nitrogen and oxygen atoms in total. The molecule has 0 aliphatic rings. The van der Waals surface area contributed by atoms with Crippen LogP contribution in [-0.2, 0) is 32.0 Å². The normalized spacial score (nSPS) is 13.7. The highest BCUT2D eigenvalue weighted by Gasteiger charge is 2.31. The van der Waals surface area contributed by atoms with Crippen LogP contribution in [0.5, 0.6) is 0 Å². The summed E-state index contributed by atoms with van der Waals surface area (Å²) < 4.78 is 0. The Labute approximate surface area is 260 Å². The molecule has 0 radical (unpaired) electrons. The molecule has 14 heteroatoms. The van der Waals surface area contributed by atoms with Crippen molar-refractivity contribution in [2.45, 2.75) is 56.3 Å². The molecule has 0 spiro atoms. The van der Waals surface area contributed by atoms with Crippen LogP contribution in [-0.4, -0.2) is 76.2 Å². The minimum atomic E-state index is -1.22. The van der Waals surface area contributed by atoms with Gasteiger partial charge in [0.25, 0.3) is 0 Å². The minimum absolute atomic E-state index is 0.0526. The fourth-order valence-electron chi connectivity index (χ4n) is 4.67. The molecule has 44 heavy (non-hydrogen) atoms. The van der Waals surface area contributed by atoms with E-state index in [0.717, 1.165) is 22.0 Å². The number of hydrogen-bond acceptors (Lipinski definition) is 7. The number of nitrogens with zero attached hydrogens (tertiary/aromatic N) is 1. The van der Waals surface area contributed by atoms with Crippen LogP contribution in [0.2, 0.25) is 0 Å². The largest absolute Gasteiger partial charge is 0.480 e. The van der Waals surface area contributed by atoms with Gasteiger partial charge in [-0.15, -0.1) is 0 Å². The summed E-state index contributed by atoms with van der Waals surface area (Å²) in [4.78, 5) is 59.0. The summed E-state index contributed by atoms with van der Waals surface area (Å²) >= 11 is 4.09. The number of nitrogens with one attached hydrogen (secondary N) is 4. The summed E-state index contributed by atoms with van der Waals surface area (Å²) in [7, 11) is 0. The lowest BCUT2D eigenvalue weighted by atomic mass is 10.0. The van der Waals surface area contributed by atoms with E-state index < -0.39 is 47.9 Å². The van der Waals surface area contributed by atoms with Crippen molar-refractivity contribution in [2.75, 3.05) is 12.3 Å². The van der Waals surface area contributed by atoms with Crippen LogP contribution in [0.15, 0.2) is 65.8 Å². The molecule has 0 saturated carbocycles. The number of carbonyl (C=O) groups is 4. The molecular weight excluding hydrogens is 584 g/mol. The summed E-state index contributed by atoms with van der Waals surface area (Å²) in [5.41, 5.74) is 19.4. The molecule has 0 aliphatic carbocycles. The van der Waals surface area contributed by atoms with Gasteiger partial charge in [0.1, 0.15) is 18.1 Å². The number of aromatic amines is 1. The van der Waals surface area contributed by atoms with Gasteiger partial charge in [0.2, 0.25) is 17.7 Å². The second kappa shape index (κ2) is 16.9. The molecule has 0 fully saturated rings. The number of fused-ring (bicyclic) bond motifs is 1. The minimum Gasteiger partial charge on any atom is -0.480 e. The van der Waals surface area contributed by atoms with Gasteiger partial charge in [-0.1, -0.05) is 48.5 Å². The second-order valence-corrected chi connectivity index (χ2v) is 10.8. The molecule has 3 amide bonds. The SMILES string of the molecule is NC(N)=NCCC[C@H](NC(=O)[C@@H](N)Cc1ccccc1)C(=O)N[C@@H](Cc1c[nH]c2ccccc12)C(=O)N[C@@H](CCS)C(=O)O. The predicted octanol–water partition coefficient (Wildman–Crippen LogP) is 0.193. The van der Waals surface area contributed by atoms with Gasteiger partial charge in [-0.3, -0.25) is 19.4 Å². The number of rotatable bonds is 17. The summed E-state index contributed by atoms with van der Waals surface area (Å²) in [5.74, 6) is -2.98. The van der Waals surface area contributed by atoms with E-state index in [1.807, 2.05) is 54.6 Å². The maximum Gasteiger partial charge on any atom is 0.326 e. The zero-order chi connectivity index (χ0) is 32.1. The lowest BCUT2D eigenvalue weighted by molar-refractivity contribution is -0.142. The third kappa shape index (κ3) is 10.3. The number of carboxylic acids is 1. The highest BCUT2D eigenvalue weighted by molar-refractivity contribution is 7.80. The smallest absolute Gasteiger partial charge is 0.326 e. The summed E-state index contributed by atoms with van der Waals surface area (Å²) in [6.45, 7) is 0.210. The fraction of sp³-hybridized carbons (Fsp3) is 0.367. The van der Waals surface area contributed by atoms with E-state index in [9.17, 15) is 24.3 Å². The molecule has 4 atom stereocenters. The van der Waals surface area contributed by atoms with Gasteiger partial charge in [0.05, 0.1) is 6.04 Å². The van der Waals surface area contributed by atoms with Gasteiger partial charge in [-0.05, 0) is 48.6 Å². The van der Waals surface area contributed by atoms with Gasteiger partial charge in [0, 0.05) is 30.1 Å². The van der Waals surface area contributed by atoms with Gasteiger partial charge >= 0.3 is 5.97 Å². The van der Waals surface area contributed by atoms with Crippen LogP contribution in [0, 0.1) is 0 Å². The Hall–Kier alpha value is -4.56. The van der Waals surface area contributed by atoms with E-state index in [2.05, 4.69) is 38.6 Å². The zero-order valence-corrected chi connectivity index (χ0v) is 25.1. The van der Waals surface area contributed by atoms with Crippen LogP contribution < -0.4 is 33.2 Å². The van der Waals surface area contributed by atoms with E-state index in [0.29, 0.717) is 6.42 Å². The molecule has 3 aromatic rings. The molecule has 11 N–H and O–H groups in total. The highest BCUT2D eigenvalue weighted by Crippen LogP contribution is 2.19. The van der Waals surface area contributed by atoms with Crippen molar-refractivity contribution in [1.29, 1.82) is 0 Å². The van der Waals surface area contributed by atoms with Gasteiger partial charge in [-0.2, -0.15) is 12.6 Å². The van der Waals surface area contributed by atoms with Crippen molar-refractivity contribution in [1.82, 2.24) is 20.9 Å². The number of aromatic nitrogens is 1. The maximum absolute atomic E-state index is 13.7. The number of H-pyrrole nitrogens is 1. The number of benzene rings is 2. The molecule has 0 saturated heterocycles. The first kappa shape index (κ1) is 33.9. The lowest BCUT2D eigenvalue weighted by Gasteiger charge is -2.25. The van der Waals surface area contributed by atoms with Crippen LogP contribution >= 0.6 is 12.6 Å². The number of hydrogen-bond donors (Lipinski definition) is 9. The molecule has 0 unspecified atom stereocenters. The monoisotopic (exact) mass is 624 g/mol. The molecule has 0 bridgehead atoms. The standard InChI is InChI=1S/C30H40N8O5S/c31-21(15-18-7-2-1-3-8-18)26(39)36-23(11-6-13-34-30(32)33)27(40)38-25(28(41)37-24(12-14-44)29(42)43)16-19-17-35-22-10-5-4-9-20(19)22/h1-5,7-10,17,21,23-25,35,44H,6,11-16,31H2,(H,36,39)(H,37,41)(H,38,40)(H,42,43)(H4,32,33,34)/t21-,23-,24-,25-/m0/s1. The predicted molar refractivity (Wildman–Crippen MR) is 172 cm³/mol. The molecule has 3 rings (SSSR count). The third-order valence-corrected chi connectivity index (χ3v) is 7.24. The van der Waals surface area contributed by atoms with Gasteiger partial charge in [0.15, 0.2) is 5.96 Å². The fourth-order valence-corrected chi connectivity index (χ4v) is 4.93. The third-order valence-electron chi connectivity index (χ3n) is 6.98. The number of carbonyl (C=O) groups excluding carboxylic acids is 3. The second-order valence-electron chi connectivity index (χ2n) is 10.3. The van der Waals surface area contributed by atoms with Gasteiger partial charge in [-0.25, -0.2) is 4.79 Å². The lowest BCUT2D eigenvalue weighted by Crippen LogP contribution is -2.57. The quantitative estimate of drug-likeness (QED) is 0.0434. The van der Waals surface area contributed by atoms with E-state index in [1.165, 1.54) is 0 Å². The van der Waals surface area contributed by atoms with Crippen LogP contribution in [0.3, 0.4) is 0 Å². The number of thiol groups is 1. The summed E-state index contributed by atoms with van der Waals surface area (Å²) in [6, 6.07) is 12.3. The van der Waals surface area contributed by atoms with E-state index in [-0.39, 0.29) is 43.9 Å². The number of carboxylic acid groups (broad SMARTS) is 1. The maximum atomic E-state index is 13.7. The molecule has 1 heterocycles. The van der Waals surface area contributed by atoms with Crippen molar-refractivity contribution >= 4 is 53.2 Å². The van der Waals surface area contributed by atoms with E-state index in [4.69, 9.17) is 17.2 Å². The Kier molecular flexibility index (Phi) is 13.0. The molecule has 2 aromatic carbocycles. The first-order valence-electron chi connectivity index (χ1n) is 14.2. The Morgan fingerprint density at radius 1 is 0.841 bits per heavy atom. The highest BCUT2D eigenvalue weighted by atomic mass is 32.1. The van der Waals surface area contributed by atoms with Crippen molar-refractivity contribution in [3.63, 3.8) is 0 Å². The number of para-hydroxylation sites is 1. The molecule has 1 aromatic heterocycles. The Balaban J connectivity index is 1.83. The Bertz CT molecular complexity index is 1440. The van der Waals surface area contributed by atoms with Gasteiger partial charge < -0.3 is 43.2 Å². The number of guanidine groups is 1. The summed E-state index contributed by atoms with van der Waals surface area (Å²) in [5, 5.41) is 18.4. The van der Waals surface area contributed by atoms with Crippen molar-refractivity contribution in [3.8, 4) is 0 Å². The first-order chi connectivity index (χ1) is 21.1. The van der Waals surface area contributed by atoms with Crippen molar-refractivity contribution in [3.05, 3.63) is 71.9 Å². The number of amides is 3. The first-order valence-corrected chi connectivity index (χ1v) is 14.9. The topological polar surface area (TPSA) is 231 Å². The van der Waals surface area contributed by atoms with E-state index >= 15 is 0 Å². The Morgan fingerprint density at radius 2 is 1.48 bits per heavy atom. The zero-order valence-electron chi connectivity index (χ0n) is 24.2. The molecule has 236 valence electrons. The van der Waals surface area contributed by atoms with Crippen molar-refractivity contribution in [2.24, 2.45) is 22.2 Å². The van der Waals surface area contributed by atoms with E-state index in [1.54, 1.807) is 6.20 Å². The number of aliphatic imine (C=N–C) groups is 1. The number of aliphatic carboxylic acids is 1. The molecule has 0 aliphatic heterocycles. The average molecular weight is 625 g/mol.